The largest absolute Gasteiger partial charge is 0.301 e. The molecule has 94 valence electrons. The number of nitrogens with one attached hydrogen (secondary N) is 1. The SMILES string of the molecule is CC1CN(C(C)CCC(=O)NN)CCN1C. The Balaban J connectivity index is 2.31. The van der Waals surface area contributed by atoms with Gasteiger partial charge in [-0.3, -0.25) is 15.1 Å². The molecule has 1 amide bonds. The van der Waals surface area contributed by atoms with Crippen LogP contribution in [0.25, 0.3) is 0 Å². The average Bonchev–Trinajstić information content (AvgIpc) is 2.29. The number of piperazine rings is 1. The molecule has 2 atom stereocenters. The molecule has 0 bridgehead atoms. The van der Waals surface area contributed by atoms with Crippen molar-refractivity contribution in [1.29, 1.82) is 0 Å². The molecule has 0 saturated carbocycles. The van der Waals surface area contributed by atoms with E-state index in [0.717, 1.165) is 26.1 Å². The van der Waals surface area contributed by atoms with E-state index in [-0.39, 0.29) is 5.91 Å². The van der Waals surface area contributed by atoms with Crippen LogP contribution in [0.3, 0.4) is 0 Å². The van der Waals surface area contributed by atoms with Crippen LogP contribution in [0.2, 0.25) is 0 Å². The van der Waals surface area contributed by atoms with Gasteiger partial charge in [-0.15, -0.1) is 0 Å². The van der Waals surface area contributed by atoms with Crippen molar-refractivity contribution in [2.45, 2.75) is 38.8 Å². The first kappa shape index (κ1) is 13.4. The number of rotatable bonds is 4. The average molecular weight is 228 g/mol. The van der Waals surface area contributed by atoms with Crippen LogP contribution in [0, 0.1) is 0 Å². The van der Waals surface area contributed by atoms with Crippen LogP contribution in [0.5, 0.6) is 0 Å². The van der Waals surface area contributed by atoms with Gasteiger partial charge in [-0.05, 0) is 27.3 Å². The van der Waals surface area contributed by atoms with Crippen molar-refractivity contribution in [3.05, 3.63) is 0 Å². The molecular weight excluding hydrogens is 204 g/mol. The van der Waals surface area contributed by atoms with Gasteiger partial charge in [0.05, 0.1) is 0 Å². The van der Waals surface area contributed by atoms with E-state index in [1.165, 1.54) is 0 Å². The predicted octanol–water partition coefficient (Wildman–Crippen LogP) is -0.219. The van der Waals surface area contributed by atoms with E-state index >= 15 is 0 Å². The highest BCUT2D eigenvalue weighted by Gasteiger charge is 2.24. The smallest absolute Gasteiger partial charge is 0.233 e. The van der Waals surface area contributed by atoms with Gasteiger partial charge in [0.1, 0.15) is 0 Å². The minimum absolute atomic E-state index is 0.0750. The number of hydrogen-bond donors (Lipinski definition) is 2. The van der Waals surface area contributed by atoms with E-state index < -0.39 is 0 Å². The first-order valence-corrected chi connectivity index (χ1v) is 5.98. The van der Waals surface area contributed by atoms with Gasteiger partial charge in [0.2, 0.25) is 5.91 Å². The molecule has 1 aliphatic heterocycles. The standard InChI is InChI=1S/C11H24N4O/c1-9(4-5-11(16)13-12)15-7-6-14(3)10(2)8-15/h9-10H,4-8,12H2,1-3H3,(H,13,16). The molecule has 0 aromatic heterocycles. The molecule has 0 aromatic rings. The maximum atomic E-state index is 11.1. The molecule has 1 heterocycles. The van der Waals surface area contributed by atoms with Crippen LogP contribution in [0.1, 0.15) is 26.7 Å². The molecule has 1 saturated heterocycles. The highest BCUT2D eigenvalue weighted by Crippen LogP contribution is 2.13. The predicted molar refractivity (Wildman–Crippen MR) is 64.7 cm³/mol. The van der Waals surface area contributed by atoms with E-state index in [0.29, 0.717) is 18.5 Å². The van der Waals surface area contributed by atoms with Crippen molar-refractivity contribution >= 4 is 5.91 Å². The third-order valence-corrected chi connectivity index (χ3v) is 3.56. The fourth-order valence-corrected chi connectivity index (χ4v) is 2.07. The molecule has 5 heteroatoms. The van der Waals surface area contributed by atoms with Gasteiger partial charge in [0.25, 0.3) is 0 Å². The van der Waals surface area contributed by atoms with E-state index in [9.17, 15) is 4.79 Å². The van der Waals surface area contributed by atoms with Crippen LogP contribution < -0.4 is 11.3 Å². The number of hydrazine groups is 1. The normalized spacial score (nSPS) is 25.4. The maximum Gasteiger partial charge on any atom is 0.233 e. The van der Waals surface area contributed by atoms with Crippen molar-refractivity contribution in [3.8, 4) is 0 Å². The number of hydrogen-bond acceptors (Lipinski definition) is 4. The van der Waals surface area contributed by atoms with E-state index in [2.05, 4.69) is 36.1 Å². The Hall–Kier alpha value is -0.650. The zero-order valence-corrected chi connectivity index (χ0v) is 10.6. The van der Waals surface area contributed by atoms with Crippen LogP contribution in [-0.4, -0.2) is 54.5 Å². The number of nitrogens with two attached hydrogens (primary N) is 1. The minimum atomic E-state index is -0.0750. The second kappa shape index (κ2) is 6.18. The third kappa shape index (κ3) is 3.73. The van der Waals surface area contributed by atoms with Crippen molar-refractivity contribution in [3.63, 3.8) is 0 Å². The first-order chi connectivity index (χ1) is 7.54. The molecule has 2 unspecified atom stereocenters. The first-order valence-electron chi connectivity index (χ1n) is 5.98. The second-order valence-corrected chi connectivity index (χ2v) is 4.78. The lowest BCUT2D eigenvalue weighted by atomic mass is 10.1. The van der Waals surface area contributed by atoms with Crippen LogP contribution in [-0.2, 0) is 4.79 Å². The monoisotopic (exact) mass is 228 g/mol. The van der Waals surface area contributed by atoms with Crippen LogP contribution in [0.4, 0.5) is 0 Å². The zero-order valence-electron chi connectivity index (χ0n) is 10.6. The van der Waals surface area contributed by atoms with Gasteiger partial charge >= 0.3 is 0 Å². The quantitative estimate of drug-likeness (QED) is 0.397. The Kier molecular flexibility index (Phi) is 5.18. The fourth-order valence-electron chi connectivity index (χ4n) is 2.07. The summed E-state index contributed by atoms with van der Waals surface area (Å²) in [6.07, 6.45) is 1.39. The molecule has 3 N–H and O–H groups in total. The lowest BCUT2D eigenvalue weighted by molar-refractivity contribution is -0.121. The van der Waals surface area contributed by atoms with E-state index in [1.54, 1.807) is 0 Å². The van der Waals surface area contributed by atoms with Crippen LogP contribution in [0.15, 0.2) is 0 Å². The summed E-state index contributed by atoms with van der Waals surface area (Å²) in [7, 11) is 2.16. The summed E-state index contributed by atoms with van der Waals surface area (Å²) in [5.41, 5.74) is 2.17. The van der Waals surface area contributed by atoms with Gasteiger partial charge in [0, 0.05) is 38.1 Å². The summed E-state index contributed by atoms with van der Waals surface area (Å²) in [5.74, 6) is 4.98. The Morgan fingerprint density at radius 2 is 2.25 bits per heavy atom. The number of amides is 1. The lowest BCUT2D eigenvalue weighted by Gasteiger charge is -2.40. The van der Waals surface area contributed by atoms with Crippen molar-refractivity contribution in [2.75, 3.05) is 26.7 Å². The summed E-state index contributed by atoms with van der Waals surface area (Å²) in [5, 5.41) is 0. The Labute approximate surface area is 97.9 Å². The molecule has 0 radical (unpaired) electrons. The highest BCUT2D eigenvalue weighted by atomic mass is 16.2. The van der Waals surface area contributed by atoms with Gasteiger partial charge in [0.15, 0.2) is 0 Å². The molecule has 5 nitrogen and oxygen atoms in total. The van der Waals surface area contributed by atoms with Crippen LogP contribution >= 0.6 is 0 Å². The topological polar surface area (TPSA) is 61.6 Å². The highest BCUT2D eigenvalue weighted by molar-refractivity contribution is 5.75. The zero-order chi connectivity index (χ0) is 12.1. The summed E-state index contributed by atoms with van der Waals surface area (Å²) in [6.45, 7) is 7.70. The van der Waals surface area contributed by atoms with Crippen molar-refractivity contribution in [1.82, 2.24) is 15.2 Å². The molecule has 1 fully saturated rings. The molecule has 0 aliphatic carbocycles. The van der Waals surface area contributed by atoms with Gasteiger partial charge in [-0.25, -0.2) is 5.84 Å². The Morgan fingerprint density at radius 3 is 2.81 bits per heavy atom. The van der Waals surface area contributed by atoms with E-state index in [4.69, 9.17) is 5.84 Å². The van der Waals surface area contributed by atoms with Crippen molar-refractivity contribution < 1.29 is 4.79 Å². The number of likely N-dealkylation sites (N-methyl/N-ethyl adjacent to an activating group) is 1. The molecular formula is C11H24N4O. The third-order valence-electron chi connectivity index (χ3n) is 3.56. The summed E-state index contributed by atoms with van der Waals surface area (Å²) < 4.78 is 0. The fraction of sp³-hybridized carbons (Fsp3) is 0.909. The molecule has 0 aromatic carbocycles. The molecule has 1 rings (SSSR count). The van der Waals surface area contributed by atoms with E-state index in [1.807, 2.05) is 0 Å². The molecule has 16 heavy (non-hydrogen) atoms. The number of carbonyl (C=O) groups excluding carboxylic acids is 1. The van der Waals surface area contributed by atoms with Gasteiger partial charge in [-0.2, -0.15) is 0 Å². The maximum absolute atomic E-state index is 11.1. The Morgan fingerprint density at radius 1 is 1.56 bits per heavy atom. The number of nitrogens with zero attached hydrogens (tertiary/aromatic N) is 2. The van der Waals surface area contributed by atoms with Crippen molar-refractivity contribution in [2.24, 2.45) is 5.84 Å². The summed E-state index contributed by atoms with van der Waals surface area (Å²) in [6, 6.07) is 1.05. The summed E-state index contributed by atoms with van der Waals surface area (Å²) in [4.78, 5) is 15.9. The Bertz CT molecular complexity index is 234. The summed E-state index contributed by atoms with van der Waals surface area (Å²) >= 11 is 0. The minimum Gasteiger partial charge on any atom is -0.301 e. The van der Waals surface area contributed by atoms with Gasteiger partial charge < -0.3 is 4.90 Å². The number of carbonyl (C=O) groups is 1. The second-order valence-electron chi connectivity index (χ2n) is 4.78. The molecule has 0 spiro atoms. The lowest BCUT2D eigenvalue weighted by Crippen LogP contribution is -2.52. The molecule has 1 aliphatic rings. The van der Waals surface area contributed by atoms with Gasteiger partial charge in [-0.1, -0.05) is 0 Å².